The van der Waals surface area contributed by atoms with Crippen molar-refractivity contribution in [3.8, 4) is 39.9 Å². The Morgan fingerprint density at radius 2 is 0.341 bits per heavy atom. The lowest BCUT2D eigenvalue weighted by atomic mass is 9.85. The molecule has 8 nitrogen and oxygen atoms in total. The number of rotatable bonds is 12. The maximum absolute atomic E-state index is 18.6. The van der Waals surface area contributed by atoms with E-state index in [0.29, 0.717) is 104 Å². The first-order valence-electron chi connectivity index (χ1n) is 46.9. The summed E-state index contributed by atoms with van der Waals surface area (Å²) in [6.07, 6.45) is -7.86. The number of halogens is 15. The van der Waals surface area contributed by atoms with Crippen LogP contribution in [-0.4, -0.2) is 68.8 Å². The summed E-state index contributed by atoms with van der Waals surface area (Å²) in [7, 11) is 0. The molecule has 0 spiro atoms. The topological polar surface area (TPSA) is 63.6 Å². The van der Waals surface area contributed by atoms with E-state index in [1.807, 2.05) is 106 Å². The Bertz CT molecular complexity index is 7230. The molecule has 0 amide bonds. The molecule has 0 aliphatic carbocycles. The van der Waals surface area contributed by atoms with Gasteiger partial charge in [-0.15, -0.1) is 10.2 Å². The molecular weight excluding hydrogens is 1780 g/mol. The van der Waals surface area contributed by atoms with Crippen molar-refractivity contribution in [1.82, 2.24) is 33.0 Å². The second-order valence-corrected chi connectivity index (χ2v) is 48.5. The largest absolute Gasteiger partial charge is 0.460 e. The van der Waals surface area contributed by atoms with E-state index in [-0.39, 0.29) is 22.7 Å². The van der Waals surface area contributed by atoms with Gasteiger partial charge in [0.1, 0.15) is 0 Å². The molecule has 0 saturated heterocycles. The van der Waals surface area contributed by atoms with Gasteiger partial charge in [-0.25, -0.2) is 0 Å². The Morgan fingerprint density at radius 3 is 0.507 bits per heavy atom. The quantitative estimate of drug-likeness (QED) is 0.115. The van der Waals surface area contributed by atoms with Crippen molar-refractivity contribution in [2.75, 3.05) is 0 Å². The van der Waals surface area contributed by atoms with Gasteiger partial charge >= 0.3 is 41.7 Å². The van der Waals surface area contributed by atoms with Gasteiger partial charge in [0.2, 0.25) is 0 Å². The van der Waals surface area contributed by atoms with Crippen LogP contribution >= 0.6 is 0 Å². The number of alkyl halides is 15. The summed E-state index contributed by atoms with van der Waals surface area (Å²) in [4.78, 5) is 0. The standard InChI is InChI=1S/C115H120F15N7O/c1-99(2,3)61-31-41-81-71(51-61)72-52-62(100(4,5)6)32-42-82(72)133(81)92-91(97-131-132-98(138-97)109(116,117)110(118,119)111(120,121)112(122,123)113(124,125)114(126,127)115(128,129)130)93(134-83-43-33-63(101(7,8)9)53-73(83)74-54-64(102(10,11)12)34-44-84(74)134)95(136-87-47-37-67(105(19,20)21)57-77(87)78-58-68(106(22,23)24)38-48-88(78)136)96(137-89-49-39-69(107(25,26)27)59-79(89)80-60-70(108(28,29)30)40-50-90(80)137)94(92)135-85-45-35-65(103(13,14)15)55-75(85)76-56-66(104(16,17)18)36-46-86(76)135/h31-60H,1-30H3. The van der Waals surface area contributed by atoms with Crippen molar-refractivity contribution >= 4 is 109 Å². The molecule has 23 heteroatoms. The Kier molecular flexibility index (Phi) is 21.7. The first-order chi connectivity index (χ1) is 63.0. The minimum Gasteiger partial charge on any atom is -0.414 e. The van der Waals surface area contributed by atoms with Gasteiger partial charge in [-0.2, -0.15) is 65.9 Å². The van der Waals surface area contributed by atoms with Crippen molar-refractivity contribution in [3.05, 3.63) is 244 Å². The summed E-state index contributed by atoms with van der Waals surface area (Å²) < 4.78 is 259. The molecule has 138 heavy (non-hydrogen) atoms. The minimum atomic E-state index is -8.68. The summed E-state index contributed by atoms with van der Waals surface area (Å²) in [5.74, 6) is -53.7. The van der Waals surface area contributed by atoms with Crippen LogP contribution in [0.5, 0.6) is 0 Å². The molecule has 17 aromatic rings. The van der Waals surface area contributed by atoms with E-state index in [9.17, 15) is 13.2 Å². The Labute approximate surface area is 795 Å². The fraction of sp³-hybridized carbons (Fsp3) is 0.409. The van der Waals surface area contributed by atoms with Crippen LogP contribution < -0.4 is 0 Å². The van der Waals surface area contributed by atoms with Gasteiger partial charge in [0.25, 0.3) is 11.8 Å². The fourth-order valence-corrected chi connectivity index (χ4v) is 19.5. The third-order valence-corrected chi connectivity index (χ3v) is 28.2. The second-order valence-electron chi connectivity index (χ2n) is 48.5. The predicted octanol–water partition coefficient (Wildman–Crippen LogP) is 35.0. The smallest absolute Gasteiger partial charge is 0.414 e. The molecule has 0 fully saturated rings. The van der Waals surface area contributed by atoms with E-state index in [1.54, 1.807) is 0 Å². The third kappa shape index (κ3) is 15.0. The summed E-state index contributed by atoms with van der Waals surface area (Å²) in [6.45, 7) is 62.5. The summed E-state index contributed by atoms with van der Waals surface area (Å²) >= 11 is 0. The highest BCUT2D eigenvalue weighted by molar-refractivity contribution is 6.20. The third-order valence-electron chi connectivity index (χ3n) is 28.2. The van der Waals surface area contributed by atoms with Crippen LogP contribution in [0.15, 0.2) is 186 Å². The zero-order valence-corrected chi connectivity index (χ0v) is 84.0. The number of benzene rings is 11. The van der Waals surface area contributed by atoms with Crippen LogP contribution in [0.4, 0.5) is 65.9 Å². The fourth-order valence-electron chi connectivity index (χ4n) is 19.5. The normalized spacial score (nSPS) is 14.4. The van der Waals surface area contributed by atoms with Crippen molar-refractivity contribution in [1.29, 1.82) is 0 Å². The molecule has 6 heterocycles. The Morgan fingerprint density at radius 1 is 0.188 bits per heavy atom. The average Bonchev–Trinajstić information content (AvgIpc) is 1.46. The van der Waals surface area contributed by atoms with Crippen LogP contribution in [0.2, 0.25) is 0 Å². The number of hydrogen-bond donors (Lipinski definition) is 0. The van der Waals surface area contributed by atoms with Crippen molar-refractivity contribution in [3.63, 3.8) is 0 Å². The van der Waals surface area contributed by atoms with Crippen molar-refractivity contribution in [2.24, 2.45) is 0 Å². The van der Waals surface area contributed by atoms with Crippen LogP contribution in [0, 0.1) is 0 Å². The number of fused-ring (bicyclic) bond motifs is 15. The first kappa shape index (κ1) is 98.1. The minimum absolute atomic E-state index is 0.100. The number of hydrogen-bond acceptors (Lipinski definition) is 3. The van der Waals surface area contributed by atoms with E-state index in [2.05, 4.69) is 317 Å². The van der Waals surface area contributed by atoms with Gasteiger partial charge in [0.15, 0.2) is 0 Å². The molecule has 726 valence electrons. The maximum Gasteiger partial charge on any atom is 0.460 e. The van der Waals surface area contributed by atoms with E-state index in [4.69, 9.17) is 4.42 Å². The van der Waals surface area contributed by atoms with Crippen LogP contribution in [0.25, 0.3) is 149 Å². The molecule has 0 bridgehead atoms. The highest BCUT2D eigenvalue weighted by atomic mass is 19.4. The second kappa shape index (κ2) is 30.5. The van der Waals surface area contributed by atoms with Crippen molar-refractivity contribution in [2.45, 2.75) is 304 Å². The lowest BCUT2D eigenvalue weighted by Crippen LogP contribution is -2.72. The van der Waals surface area contributed by atoms with Crippen LogP contribution in [0.1, 0.15) is 269 Å². The predicted molar refractivity (Wildman–Crippen MR) is 533 cm³/mol. The zero-order chi connectivity index (χ0) is 102. The van der Waals surface area contributed by atoms with Crippen molar-refractivity contribution < 1.29 is 70.3 Å². The van der Waals surface area contributed by atoms with E-state index in [0.717, 1.165) is 66.4 Å². The lowest BCUT2D eigenvalue weighted by molar-refractivity contribution is -0.454. The molecule has 0 saturated carbocycles. The molecule has 0 radical (unpaired) electrons. The molecule has 0 atom stereocenters. The summed E-state index contributed by atoms with van der Waals surface area (Å²) in [5, 5.41) is 14.7. The first-order valence-corrected chi connectivity index (χ1v) is 46.9. The maximum atomic E-state index is 18.6. The molecule has 11 aromatic carbocycles. The Hall–Kier alpha value is -11.5. The molecule has 6 aromatic heterocycles. The summed E-state index contributed by atoms with van der Waals surface area (Å²) in [6, 6.07) is 61.1. The molecule has 0 N–H and O–H groups in total. The van der Waals surface area contributed by atoms with Gasteiger partial charge in [-0.05, 0) is 231 Å². The molecule has 0 aliphatic rings. The molecular formula is C115H120F15N7O. The van der Waals surface area contributed by atoms with E-state index >= 15 is 52.7 Å². The molecule has 0 unspecified atom stereocenters. The van der Waals surface area contributed by atoms with Gasteiger partial charge in [-0.3, -0.25) is 0 Å². The van der Waals surface area contributed by atoms with Gasteiger partial charge in [0.05, 0.1) is 89.2 Å². The van der Waals surface area contributed by atoms with Gasteiger partial charge < -0.3 is 27.3 Å². The van der Waals surface area contributed by atoms with Gasteiger partial charge in [-0.1, -0.05) is 268 Å². The van der Waals surface area contributed by atoms with E-state index < -0.39 is 113 Å². The Balaban J connectivity index is 1.29. The average molecular weight is 1900 g/mol. The molecule has 0 aliphatic heterocycles. The highest BCUT2D eigenvalue weighted by Crippen LogP contribution is 2.65. The number of nitrogens with zero attached hydrogens (tertiary/aromatic N) is 7. The zero-order valence-electron chi connectivity index (χ0n) is 84.0. The van der Waals surface area contributed by atoms with Crippen LogP contribution in [-0.2, 0) is 60.1 Å². The SMILES string of the molecule is CC(C)(C)c1ccc2c(c1)c1cc(C(C)(C)C)ccc1n2-c1c(-c2nnc(C(F)(F)C(F)(F)C(F)(F)C(F)(F)C(F)(F)C(F)(F)C(F)(F)F)o2)c(-n2c3ccc(C(C)(C)C)cc3c3cc(C(C)(C)C)ccc32)c(-n2c3ccc(C(C)(C)C)cc3c3cc(C(C)(C)C)ccc32)c(-n2c3ccc(C(C)(C)C)cc3c3cc(C(C)(C)C)ccc32)c1-n1c2ccc(C(C)(C)C)cc2c2cc(C(C)(C)C)ccc21. The van der Waals surface area contributed by atoms with Gasteiger partial charge in [0, 0.05) is 53.9 Å². The summed E-state index contributed by atoms with van der Waals surface area (Å²) in [5.41, 5.74) is 7.94. The monoisotopic (exact) mass is 1900 g/mol. The lowest BCUT2D eigenvalue weighted by Gasteiger charge is -2.40. The highest BCUT2D eigenvalue weighted by Gasteiger charge is 2.94. The number of aromatic nitrogens is 7. The molecule has 17 rings (SSSR count). The van der Waals surface area contributed by atoms with E-state index in [1.165, 1.54) is 0 Å². The van der Waals surface area contributed by atoms with Crippen LogP contribution in [0.3, 0.4) is 0 Å².